The van der Waals surface area contributed by atoms with Crippen molar-refractivity contribution in [2.24, 2.45) is 0 Å². The first-order valence-electron chi connectivity index (χ1n) is 9.86. The Balaban J connectivity index is 1.51. The summed E-state index contributed by atoms with van der Waals surface area (Å²) in [5, 5.41) is 8.84. The zero-order chi connectivity index (χ0) is 20.9. The second-order valence-corrected chi connectivity index (χ2v) is 7.20. The number of anilines is 1. The van der Waals surface area contributed by atoms with Gasteiger partial charge in [0, 0.05) is 13.7 Å². The number of fused-ring (bicyclic) bond motifs is 1. The third-order valence-corrected chi connectivity index (χ3v) is 4.76. The predicted molar refractivity (Wildman–Crippen MR) is 117 cm³/mol. The van der Waals surface area contributed by atoms with Crippen molar-refractivity contribution in [1.29, 1.82) is 0 Å². The molecule has 0 aliphatic carbocycles. The average Bonchev–Trinajstić information content (AvgIpc) is 3.17. The van der Waals surface area contributed by atoms with E-state index in [1.807, 2.05) is 35.1 Å². The Morgan fingerprint density at radius 3 is 2.47 bits per heavy atom. The van der Waals surface area contributed by atoms with Gasteiger partial charge in [0.1, 0.15) is 24.5 Å². The molecule has 0 amide bonds. The van der Waals surface area contributed by atoms with Gasteiger partial charge in [-0.3, -0.25) is 0 Å². The number of ether oxygens (including phenoxy) is 2. The highest BCUT2D eigenvalue weighted by Gasteiger charge is 2.11. The van der Waals surface area contributed by atoms with Crippen LogP contribution < -0.4 is 10.1 Å². The minimum absolute atomic E-state index is 0.539. The van der Waals surface area contributed by atoms with Gasteiger partial charge in [0.25, 0.3) is 0 Å². The third-order valence-electron chi connectivity index (χ3n) is 4.76. The normalized spacial score (nSPS) is 11.0. The van der Waals surface area contributed by atoms with Gasteiger partial charge in [0.15, 0.2) is 5.65 Å². The average molecular weight is 403 g/mol. The molecule has 0 saturated carbocycles. The van der Waals surface area contributed by atoms with Gasteiger partial charge in [-0.1, -0.05) is 18.2 Å². The van der Waals surface area contributed by atoms with Crippen molar-refractivity contribution in [3.63, 3.8) is 0 Å². The van der Waals surface area contributed by atoms with Crippen LogP contribution in [0.25, 0.3) is 16.7 Å². The Hall–Kier alpha value is -3.45. The van der Waals surface area contributed by atoms with Crippen LogP contribution in [-0.4, -0.2) is 40.1 Å². The minimum atomic E-state index is 0.539. The molecule has 0 aliphatic heterocycles. The van der Waals surface area contributed by atoms with Gasteiger partial charge >= 0.3 is 0 Å². The number of hydrogen-bond donors (Lipinski definition) is 1. The lowest BCUT2D eigenvalue weighted by atomic mass is 10.1. The second-order valence-electron chi connectivity index (χ2n) is 7.20. The summed E-state index contributed by atoms with van der Waals surface area (Å²) < 4.78 is 12.5. The minimum Gasteiger partial charge on any atom is -0.491 e. The van der Waals surface area contributed by atoms with Gasteiger partial charge < -0.3 is 14.8 Å². The molecular weight excluding hydrogens is 378 g/mol. The fourth-order valence-corrected chi connectivity index (χ4v) is 3.38. The largest absolute Gasteiger partial charge is 0.491 e. The number of hydrogen-bond acceptors (Lipinski definition) is 6. The van der Waals surface area contributed by atoms with E-state index in [9.17, 15) is 0 Å². The van der Waals surface area contributed by atoms with E-state index in [4.69, 9.17) is 9.47 Å². The van der Waals surface area contributed by atoms with Crippen LogP contribution >= 0.6 is 0 Å². The van der Waals surface area contributed by atoms with Crippen LogP contribution in [0.2, 0.25) is 0 Å². The van der Waals surface area contributed by atoms with Gasteiger partial charge in [-0.15, -0.1) is 0 Å². The zero-order valence-corrected chi connectivity index (χ0v) is 17.4. The molecule has 2 aromatic heterocycles. The van der Waals surface area contributed by atoms with Crippen molar-refractivity contribution in [3.8, 4) is 11.4 Å². The molecule has 1 N–H and O–H groups in total. The first-order chi connectivity index (χ1) is 14.6. The van der Waals surface area contributed by atoms with E-state index in [1.54, 1.807) is 13.4 Å². The van der Waals surface area contributed by atoms with Crippen molar-refractivity contribution in [1.82, 2.24) is 19.7 Å². The summed E-state index contributed by atoms with van der Waals surface area (Å²) in [7, 11) is 1.66. The van der Waals surface area contributed by atoms with Crippen molar-refractivity contribution < 1.29 is 9.47 Å². The van der Waals surface area contributed by atoms with Crippen LogP contribution in [0.1, 0.15) is 16.7 Å². The number of aromatic nitrogens is 4. The Labute approximate surface area is 175 Å². The van der Waals surface area contributed by atoms with Crippen LogP contribution in [0.5, 0.6) is 5.75 Å². The summed E-state index contributed by atoms with van der Waals surface area (Å²) in [5.41, 5.74) is 5.28. The zero-order valence-electron chi connectivity index (χ0n) is 17.4. The highest BCUT2D eigenvalue weighted by atomic mass is 16.5. The lowest BCUT2D eigenvalue weighted by Gasteiger charge is -2.09. The SMILES string of the molecule is COCCOc1ccc(CNc2ncnc3c2cnn3-c2cc(C)cc(C)c2)cc1. The molecule has 7 heteroatoms. The Kier molecular flexibility index (Phi) is 5.90. The highest BCUT2D eigenvalue weighted by molar-refractivity contribution is 5.87. The number of nitrogens with one attached hydrogen (secondary N) is 1. The lowest BCUT2D eigenvalue weighted by Crippen LogP contribution is -2.05. The van der Waals surface area contributed by atoms with Crippen LogP contribution in [0.15, 0.2) is 55.0 Å². The fraction of sp³-hybridized carbons (Fsp3) is 0.261. The number of rotatable bonds is 8. The Bertz CT molecular complexity index is 1120. The molecule has 154 valence electrons. The van der Waals surface area contributed by atoms with Gasteiger partial charge in [0.2, 0.25) is 0 Å². The molecule has 7 nitrogen and oxygen atoms in total. The van der Waals surface area contributed by atoms with E-state index < -0.39 is 0 Å². The molecule has 0 aliphatic rings. The van der Waals surface area contributed by atoms with E-state index in [2.05, 4.69) is 52.4 Å². The molecule has 0 radical (unpaired) electrons. The van der Waals surface area contributed by atoms with E-state index in [-0.39, 0.29) is 0 Å². The lowest BCUT2D eigenvalue weighted by molar-refractivity contribution is 0.146. The molecule has 0 bridgehead atoms. The van der Waals surface area contributed by atoms with Crippen LogP contribution in [0.4, 0.5) is 5.82 Å². The van der Waals surface area contributed by atoms with Crippen molar-refractivity contribution >= 4 is 16.9 Å². The number of aryl methyl sites for hydroxylation is 2. The predicted octanol–water partition coefficient (Wildman–Crippen LogP) is 4.07. The number of nitrogens with zero attached hydrogens (tertiary/aromatic N) is 4. The summed E-state index contributed by atoms with van der Waals surface area (Å²) in [6.45, 7) is 5.91. The molecule has 2 heterocycles. The second kappa shape index (κ2) is 8.92. The molecule has 0 saturated heterocycles. The van der Waals surface area contributed by atoms with Gasteiger partial charge in [0.05, 0.1) is 23.9 Å². The number of methoxy groups -OCH3 is 1. The summed E-state index contributed by atoms with van der Waals surface area (Å²) in [6.07, 6.45) is 3.38. The fourth-order valence-electron chi connectivity index (χ4n) is 3.38. The highest BCUT2D eigenvalue weighted by Crippen LogP contribution is 2.23. The summed E-state index contributed by atoms with van der Waals surface area (Å²) in [6, 6.07) is 14.3. The van der Waals surface area contributed by atoms with Gasteiger partial charge in [-0.2, -0.15) is 5.10 Å². The summed E-state index contributed by atoms with van der Waals surface area (Å²) in [4.78, 5) is 8.88. The van der Waals surface area contributed by atoms with Crippen molar-refractivity contribution in [2.75, 3.05) is 25.6 Å². The Morgan fingerprint density at radius 1 is 0.967 bits per heavy atom. The molecule has 4 rings (SSSR count). The van der Waals surface area contributed by atoms with Gasteiger partial charge in [-0.05, 0) is 54.8 Å². The molecule has 4 aromatic rings. The maximum Gasteiger partial charge on any atom is 0.168 e. The third kappa shape index (κ3) is 4.41. The number of benzene rings is 2. The molecule has 0 fully saturated rings. The monoisotopic (exact) mass is 403 g/mol. The van der Waals surface area contributed by atoms with E-state index >= 15 is 0 Å². The molecule has 0 atom stereocenters. The Morgan fingerprint density at radius 2 is 1.73 bits per heavy atom. The van der Waals surface area contributed by atoms with E-state index in [1.165, 1.54) is 11.1 Å². The van der Waals surface area contributed by atoms with Crippen LogP contribution in [0.3, 0.4) is 0 Å². The summed E-state index contributed by atoms with van der Waals surface area (Å²) in [5.74, 6) is 1.59. The first-order valence-corrected chi connectivity index (χ1v) is 9.86. The van der Waals surface area contributed by atoms with E-state index in [0.717, 1.165) is 33.9 Å². The topological polar surface area (TPSA) is 74.1 Å². The first kappa shape index (κ1) is 19.8. The smallest absolute Gasteiger partial charge is 0.168 e. The van der Waals surface area contributed by atoms with E-state index in [0.29, 0.717) is 19.8 Å². The van der Waals surface area contributed by atoms with Crippen LogP contribution in [-0.2, 0) is 11.3 Å². The quantitative estimate of drug-likeness (QED) is 0.447. The molecule has 0 spiro atoms. The van der Waals surface area contributed by atoms with Crippen molar-refractivity contribution in [2.45, 2.75) is 20.4 Å². The van der Waals surface area contributed by atoms with Crippen LogP contribution in [0, 0.1) is 13.8 Å². The molecule has 0 unspecified atom stereocenters. The maximum absolute atomic E-state index is 5.61. The molecular formula is C23H25N5O2. The maximum atomic E-state index is 5.61. The molecule has 30 heavy (non-hydrogen) atoms. The van der Waals surface area contributed by atoms with Crippen molar-refractivity contribution in [3.05, 3.63) is 71.7 Å². The standard InChI is InChI=1S/C23H25N5O2/c1-16-10-17(2)12-19(11-16)28-23-21(14-27-28)22(25-15-26-23)24-13-18-4-6-20(7-5-18)30-9-8-29-3/h4-7,10-12,14-15H,8-9,13H2,1-3H3,(H,24,25,26). The van der Waals surface area contributed by atoms with Gasteiger partial charge in [-0.25, -0.2) is 14.6 Å². The molecule has 2 aromatic carbocycles. The summed E-state index contributed by atoms with van der Waals surface area (Å²) >= 11 is 0.